The number of aromatic nitrogens is 1. The molecule has 31 heavy (non-hydrogen) atoms. The van der Waals surface area contributed by atoms with Crippen LogP contribution in [0.2, 0.25) is 10.0 Å². The molecule has 0 saturated carbocycles. The summed E-state index contributed by atoms with van der Waals surface area (Å²) in [5.74, 6) is -1.03. The van der Waals surface area contributed by atoms with Gasteiger partial charge in [0.2, 0.25) is 0 Å². The van der Waals surface area contributed by atoms with Crippen LogP contribution < -0.4 is 9.64 Å². The number of anilines is 1. The SMILES string of the molecule is COc1ccc(/C(O)=C2\C(=O)C(=O)N(c3cc(C)on3)C2c2ccc(Cl)cc2)cc1Cl. The lowest BCUT2D eigenvalue weighted by molar-refractivity contribution is -0.132. The van der Waals surface area contributed by atoms with Crippen molar-refractivity contribution in [2.24, 2.45) is 0 Å². The van der Waals surface area contributed by atoms with Crippen molar-refractivity contribution in [1.29, 1.82) is 0 Å². The molecule has 1 aromatic heterocycles. The Morgan fingerprint density at radius 3 is 2.42 bits per heavy atom. The molecule has 2 heterocycles. The summed E-state index contributed by atoms with van der Waals surface area (Å²) in [6, 6.07) is 11.8. The van der Waals surface area contributed by atoms with Crippen molar-refractivity contribution in [3.63, 3.8) is 0 Å². The van der Waals surface area contributed by atoms with Crippen LogP contribution in [-0.2, 0) is 9.59 Å². The normalized spacial score (nSPS) is 17.9. The summed E-state index contributed by atoms with van der Waals surface area (Å²) in [6.07, 6.45) is 0. The number of rotatable bonds is 4. The average molecular weight is 459 g/mol. The third kappa shape index (κ3) is 3.66. The van der Waals surface area contributed by atoms with Gasteiger partial charge in [-0.1, -0.05) is 40.5 Å². The second-order valence-electron chi connectivity index (χ2n) is 6.87. The van der Waals surface area contributed by atoms with Gasteiger partial charge in [0.05, 0.1) is 23.7 Å². The van der Waals surface area contributed by atoms with E-state index in [0.29, 0.717) is 22.1 Å². The minimum absolute atomic E-state index is 0.103. The largest absolute Gasteiger partial charge is 0.507 e. The summed E-state index contributed by atoms with van der Waals surface area (Å²) in [5, 5.41) is 15.7. The monoisotopic (exact) mass is 458 g/mol. The topological polar surface area (TPSA) is 92.9 Å². The zero-order valence-electron chi connectivity index (χ0n) is 16.4. The fourth-order valence-electron chi connectivity index (χ4n) is 3.47. The highest BCUT2D eigenvalue weighted by atomic mass is 35.5. The van der Waals surface area contributed by atoms with Crippen molar-refractivity contribution in [3.05, 3.63) is 81.0 Å². The highest BCUT2D eigenvalue weighted by molar-refractivity contribution is 6.51. The number of aliphatic hydroxyl groups is 1. The minimum Gasteiger partial charge on any atom is -0.507 e. The van der Waals surface area contributed by atoms with E-state index in [1.54, 1.807) is 49.4 Å². The van der Waals surface area contributed by atoms with E-state index in [0.717, 1.165) is 0 Å². The molecular formula is C22H16Cl2N2O5. The van der Waals surface area contributed by atoms with Crippen molar-refractivity contribution >= 4 is 46.5 Å². The first-order chi connectivity index (χ1) is 14.8. The average Bonchev–Trinajstić information content (AvgIpc) is 3.29. The fourth-order valence-corrected chi connectivity index (χ4v) is 3.85. The molecule has 4 rings (SSSR count). The molecule has 1 aliphatic heterocycles. The summed E-state index contributed by atoms with van der Waals surface area (Å²) < 4.78 is 10.2. The molecule has 1 saturated heterocycles. The number of carbonyl (C=O) groups is 2. The Hall–Kier alpha value is -3.29. The number of halogens is 2. The maximum absolute atomic E-state index is 13.0. The van der Waals surface area contributed by atoms with Crippen molar-refractivity contribution < 1.29 is 24.0 Å². The van der Waals surface area contributed by atoms with Crippen LogP contribution >= 0.6 is 23.2 Å². The number of hydrogen-bond donors (Lipinski definition) is 1. The van der Waals surface area contributed by atoms with E-state index in [4.69, 9.17) is 32.5 Å². The third-order valence-corrected chi connectivity index (χ3v) is 5.47. The van der Waals surface area contributed by atoms with Crippen LogP contribution in [0.3, 0.4) is 0 Å². The van der Waals surface area contributed by atoms with E-state index in [2.05, 4.69) is 5.16 Å². The van der Waals surface area contributed by atoms with Gasteiger partial charge in [-0.05, 0) is 42.8 Å². The molecule has 0 bridgehead atoms. The van der Waals surface area contributed by atoms with E-state index in [-0.39, 0.29) is 27.7 Å². The number of methoxy groups -OCH3 is 1. The Balaban J connectivity index is 1.93. The molecule has 1 amide bonds. The van der Waals surface area contributed by atoms with Gasteiger partial charge in [-0.3, -0.25) is 14.5 Å². The Labute approximate surface area is 187 Å². The number of aryl methyl sites for hydroxylation is 1. The fraction of sp³-hybridized carbons (Fsp3) is 0.136. The second-order valence-corrected chi connectivity index (χ2v) is 7.71. The van der Waals surface area contributed by atoms with Gasteiger partial charge in [0.1, 0.15) is 17.3 Å². The zero-order chi connectivity index (χ0) is 22.3. The van der Waals surface area contributed by atoms with Gasteiger partial charge < -0.3 is 14.4 Å². The van der Waals surface area contributed by atoms with Crippen molar-refractivity contribution in [2.45, 2.75) is 13.0 Å². The number of aliphatic hydroxyl groups excluding tert-OH is 1. The van der Waals surface area contributed by atoms with Crippen LogP contribution in [0.4, 0.5) is 5.82 Å². The number of amides is 1. The predicted octanol–water partition coefficient (Wildman–Crippen LogP) is 4.92. The number of hydrogen-bond acceptors (Lipinski definition) is 6. The summed E-state index contributed by atoms with van der Waals surface area (Å²) in [4.78, 5) is 27.2. The van der Waals surface area contributed by atoms with Gasteiger partial charge in [-0.2, -0.15) is 0 Å². The molecule has 2 aromatic carbocycles. The maximum Gasteiger partial charge on any atom is 0.301 e. The Morgan fingerprint density at radius 2 is 1.84 bits per heavy atom. The van der Waals surface area contributed by atoms with E-state index in [1.807, 2.05) is 0 Å². The predicted molar refractivity (Wildman–Crippen MR) is 115 cm³/mol. The first-order valence-corrected chi connectivity index (χ1v) is 9.91. The molecule has 1 fully saturated rings. The summed E-state index contributed by atoms with van der Waals surface area (Å²) in [7, 11) is 1.46. The first kappa shape index (κ1) is 21.0. The third-order valence-electron chi connectivity index (χ3n) is 4.92. The van der Waals surface area contributed by atoms with Gasteiger partial charge in [0.25, 0.3) is 5.78 Å². The van der Waals surface area contributed by atoms with E-state index in [1.165, 1.54) is 18.1 Å². The van der Waals surface area contributed by atoms with Gasteiger partial charge in [-0.25, -0.2) is 0 Å². The molecular weight excluding hydrogens is 443 g/mol. The number of ketones is 1. The van der Waals surface area contributed by atoms with Gasteiger partial charge in [0.15, 0.2) is 5.82 Å². The number of nitrogens with zero attached hydrogens (tertiary/aromatic N) is 2. The summed E-state index contributed by atoms with van der Waals surface area (Å²) in [5.41, 5.74) is 0.721. The Bertz CT molecular complexity index is 1220. The summed E-state index contributed by atoms with van der Waals surface area (Å²) >= 11 is 12.2. The lowest BCUT2D eigenvalue weighted by Gasteiger charge is -2.23. The molecule has 0 spiro atoms. The van der Waals surface area contributed by atoms with E-state index in [9.17, 15) is 14.7 Å². The number of Topliss-reactive ketones (excluding diaryl/α,β-unsaturated/α-hetero) is 1. The van der Waals surface area contributed by atoms with E-state index < -0.39 is 17.7 Å². The molecule has 1 N–H and O–H groups in total. The number of benzene rings is 2. The number of carbonyl (C=O) groups excluding carboxylic acids is 2. The second kappa shape index (κ2) is 8.09. The maximum atomic E-state index is 13.0. The van der Waals surface area contributed by atoms with Gasteiger partial charge >= 0.3 is 5.91 Å². The minimum atomic E-state index is -0.942. The molecule has 9 heteroatoms. The van der Waals surface area contributed by atoms with Crippen molar-refractivity contribution in [2.75, 3.05) is 12.0 Å². The van der Waals surface area contributed by atoms with Crippen LogP contribution in [0.1, 0.15) is 22.9 Å². The molecule has 0 radical (unpaired) electrons. The van der Waals surface area contributed by atoms with Crippen molar-refractivity contribution in [3.8, 4) is 5.75 Å². The van der Waals surface area contributed by atoms with Crippen LogP contribution in [-0.4, -0.2) is 29.1 Å². The molecule has 158 valence electrons. The first-order valence-electron chi connectivity index (χ1n) is 9.15. The quantitative estimate of drug-likeness (QED) is 0.338. The highest BCUT2D eigenvalue weighted by Crippen LogP contribution is 2.42. The molecule has 1 atom stereocenters. The Morgan fingerprint density at radius 1 is 1.13 bits per heavy atom. The smallest absolute Gasteiger partial charge is 0.301 e. The summed E-state index contributed by atoms with van der Waals surface area (Å²) in [6.45, 7) is 1.67. The Kier molecular flexibility index (Phi) is 5.47. The molecule has 0 aliphatic carbocycles. The molecule has 1 aliphatic rings. The lowest BCUT2D eigenvalue weighted by atomic mass is 9.95. The molecule has 1 unspecified atom stereocenters. The van der Waals surface area contributed by atoms with Crippen LogP contribution in [0.25, 0.3) is 5.76 Å². The van der Waals surface area contributed by atoms with Crippen molar-refractivity contribution in [1.82, 2.24) is 5.16 Å². The van der Waals surface area contributed by atoms with Crippen LogP contribution in [0.15, 0.2) is 58.6 Å². The van der Waals surface area contributed by atoms with Crippen LogP contribution in [0, 0.1) is 6.92 Å². The molecule has 3 aromatic rings. The highest BCUT2D eigenvalue weighted by Gasteiger charge is 2.48. The van der Waals surface area contributed by atoms with Crippen LogP contribution in [0.5, 0.6) is 5.75 Å². The van der Waals surface area contributed by atoms with E-state index >= 15 is 0 Å². The van der Waals surface area contributed by atoms with Gasteiger partial charge in [-0.15, -0.1) is 0 Å². The standard InChI is InChI=1S/C22H16Cl2N2O5/c1-11-9-17(25-31-11)26-19(12-3-6-14(23)7-4-12)18(21(28)22(26)29)20(27)13-5-8-16(30-2)15(24)10-13/h3-10,19,27H,1-2H3/b20-18+. The zero-order valence-corrected chi connectivity index (χ0v) is 17.9. The molecule has 7 nitrogen and oxygen atoms in total. The number of ether oxygens (including phenoxy) is 1. The van der Waals surface area contributed by atoms with Gasteiger partial charge in [0, 0.05) is 16.7 Å². The lowest BCUT2D eigenvalue weighted by Crippen LogP contribution is -2.29.